The van der Waals surface area contributed by atoms with E-state index in [1.165, 1.54) is 11.3 Å². The Balaban J connectivity index is 2.02. The molecule has 0 aliphatic heterocycles. The smallest absolute Gasteiger partial charge is 0.205 e. The van der Waals surface area contributed by atoms with Crippen molar-refractivity contribution >= 4 is 49.0 Å². The van der Waals surface area contributed by atoms with Crippen LogP contribution < -0.4 is 5.73 Å². The monoisotopic (exact) mass is 388 g/mol. The lowest BCUT2D eigenvalue weighted by atomic mass is 10.1. The number of benzene rings is 1. The van der Waals surface area contributed by atoms with Crippen molar-refractivity contribution in [3.63, 3.8) is 0 Å². The number of aromatic nitrogens is 1. The van der Waals surface area contributed by atoms with E-state index in [0.717, 1.165) is 26.8 Å². The molecule has 3 aromatic rings. The number of carbonyl (C=O) groups excluding carboxylic acids is 1. The van der Waals surface area contributed by atoms with Gasteiger partial charge in [0.1, 0.15) is 9.71 Å². The zero-order valence-corrected chi connectivity index (χ0v) is 15.4. The summed E-state index contributed by atoms with van der Waals surface area (Å²) in [5.41, 5.74) is 8.40. The first kappa shape index (κ1) is 16.1. The number of thiophene rings is 1. The van der Waals surface area contributed by atoms with E-state index < -0.39 is 0 Å². The minimum Gasteiger partial charge on any atom is -0.397 e. The molecule has 0 saturated carbocycles. The van der Waals surface area contributed by atoms with Gasteiger partial charge in [-0.15, -0.1) is 11.3 Å². The average Bonchev–Trinajstić information content (AvgIpc) is 2.83. The third kappa shape index (κ3) is 3.31. The number of anilines is 1. The van der Waals surface area contributed by atoms with Gasteiger partial charge in [0.2, 0.25) is 5.78 Å². The highest BCUT2D eigenvalue weighted by Gasteiger charge is 2.19. The van der Waals surface area contributed by atoms with E-state index in [2.05, 4.69) is 34.8 Å². The van der Waals surface area contributed by atoms with Gasteiger partial charge in [0.15, 0.2) is 0 Å². The van der Waals surface area contributed by atoms with Gasteiger partial charge in [-0.05, 0) is 48.7 Å². The van der Waals surface area contributed by atoms with Crippen LogP contribution in [0.3, 0.4) is 0 Å². The van der Waals surface area contributed by atoms with Crippen LogP contribution in [0.25, 0.3) is 10.2 Å². The number of rotatable bonds is 4. The number of fused-ring (bicyclic) bond motifs is 1. The van der Waals surface area contributed by atoms with Crippen molar-refractivity contribution in [2.45, 2.75) is 20.3 Å². The van der Waals surface area contributed by atoms with Crippen LogP contribution in [-0.4, -0.2) is 10.8 Å². The summed E-state index contributed by atoms with van der Waals surface area (Å²) >= 11 is 4.75. The number of carbonyl (C=O) groups is 1. The van der Waals surface area contributed by atoms with E-state index in [1.54, 1.807) is 12.1 Å². The van der Waals surface area contributed by atoms with E-state index in [4.69, 9.17) is 5.73 Å². The van der Waals surface area contributed by atoms with Crippen molar-refractivity contribution < 1.29 is 4.79 Å². The standard InChI is InChI=1S/C18H17BrN2OS/c1-10(2)9-13-7-8-14-15(20)17(23-18(14)21-13)16(22)11-3-5-12(19)6-4-11/h3-8,10H,9,20H2,1-2H3. The maximum atomic E-state index is 12.7. The zero-order valence-electron chi connectivity index (χ0n) is 13.0. The first-order valence-corrected chi connectivity index (χ1v) is 9.05. The van der Waals surface area contributed by atoms with Gasteiger partial charge in [-0.25, -0.2) is 4.98 Å². The Morgan fingerprint density at radius 2 is 1.91 bits per heavy atom. The molecule has 2 aromatic heterocycles. The number of hydrogen-bond donors (Lipinski definition) is 1. The second-order valence-corrected chi connectivity index (χ2v) is 7.85. The molecule has 23 heavy (non-hydrogen) atoms. The van der Waals surface area contributed by atoms with E-state index in [0.29, 0.717) is 22.0 Å². The summed E-state index contributed by atoms with van der Waals surface area (Å²) in [7, 11) is 0. The number of halogens is 1. The zero-order chi connectivity index (χ0) is 16.6. The van der Waals surface area contributed by atoms with Crippen LogP contribution in [0.2, 0.25) is 0 Å². The topological polar surface area (TPSA) is 56.0 Å². The summed E-state index contributed by atoms with van der Waals surface area (Å²) in [6.07, 6.45) is 0.920. The van der Waals surface area contributed by atoms with Gasteiger partial charge >= 0.3 is 0 Å². The number of ketones is 1. The summed E-state index contributed by atoms with van der Waals surface area (Å²) < 4.78 is 0.943. The highest BCUT2D eigenvalue weighted by atomic mass is 79.9. The molecule has 0 spiro atoms. The lowest BCUT2D eigenvalue weighted by Gasteiger charge is -2.03. The van der Waals surface area contributed by atoms with Gasteiger partial charge in [-0.1, -0.05) is 29.8 Å². The summed E-state index contributed by atoms with van der Waals surface area (Å²) in [6, 6.07) is 11.3. The maximum absolute atomic E-state index is 12.7. The van der Waals surface area contributed by atoms with Crippen LogP contribution >= 0.6 is 27.3 Å². The normalized spacial score (nSPS) is 11.3. The highest BCUT2D eigenvalue weighted by molar-refractivity contribution is 9.10. The molecule has 0 atom stereocenters. The Hall–Kier alpha value is -1.72. The molecule has 0 saturated heterocycles. The lowest BCUT2D eigenvalue weighted by molar-refractivity contribution is 0.104. The van der Waals surface area contributed by atoms with Gasteiger partial charge < -0.3 is 5.73 Å². The molecule has 2 heterocycles. The Morgan fingerprint density at radius 3 is 2.57 bits per heavy atom. The van der Waals surface area contributed by atoms with Crippen LogP contribution in [0, 0.1) is 5.92 Å². The summed E-state index contributed by atoms with van der Waals surface area (Å²) in [4.78, 5) is 18.8. The predicted octanol–water partition coefficient (Wildman–Crippen LogP) is 5.07. The molecular formula is C18H17BrN2OS. The van der Waals surface area contributed by atoms with Crippen LogP contribution in [0.1, 0.15) is 34.8 Å². The van der Waals surface area contributed by atoms with Gasteiger partial charge in [-0.2, -0.15) is 0 Å². The fourth-order valence-corrected chi connectivity index (χ4v) is 3.81. The Bertz CT molecular complexity index is 869. The average molecular weight is 389 g/mol. The quantitative estimate of drug-likeness (QED) is 0.634. The molecule has 0 bridgehead atoms. The van der Waals surface area contributed by atoms with Crippen molar-refractivity contribution in [2.75, 3.05) is 5.73 Å². The second-order valence-electron chi connectivity index (χ2n) is 5.93. The SMILES string of the molecule is CC(C)Cc1ccc2c(N)c(C(=O)c3ccc(Br)cc3)sc2n1. The first-order valence-electron chi connectivity index (χ1n) is 7.44. The lowest BCUT2D eigenvalue weighted by Crippen LogP contribution is -2.01. The van der Waals surface area contributed by atoms with Gasteiger partial charge in [-0.3, -0.25) is 4.79 Å². The molecule has 2 N–H and O–H groups in total. The largest absolute Gasteiger partial charge is 0.397 e. The van der Waals surface area contributed by atoms with E-state index in [1.807, 2.05) is 24.3 Å². The molecule has 0 fully saturated rings. The first-order chi connectivity index (χ1) is 11.0. The predicted molar refractivity (Wildman–Crippen MR) is 100 cm³/mol. The number of nitrogens with zero attached hydrogens (tertiary/aromatic N) is 1. The fourth-order valence-electron chi connectivity index (χ4n) is 2.47. The van der Waals surface area contributed by atoms with Crippen molar-refractivity contribution in [3.05, 3.63) is 57.0 Å². The van der Waals surface area contributed by atoms with Gasteiger partial charge in [0.25, 0.3) is 0 Å². The molecular weight excluding hydrogens is 372 g/mol. The third-order valence-corrected chi connectivity index (χ3v) is 5.22. The Labute approximate surface area is 147 Å². The molecule has 0 unspecified atom stereocenters. The Morgan fingerprint density at radius 1 is 1.22 bits per heavy atom. The van der Waals surface area contributed by atoms with Crippen LogP contribution in [0.4, 0.5) is 5.69 Å². The molecule has 0 aliphatic carbocycles. The highest BCUT2D eigenvalue weighted by Crippen LogP contribution is 2.34. The molecule has 3 nitrogen and oxygen atoms in total. The minimum atomic E-state index is -0.0524. The number of hydrogen-bond acceptors (Lipinski definition) is 4. The van der Waals surface area contributed by atoms with Crippen molar-refractivity contribution in [1.29, 1.82) is 0 Å². The molecule has 0 aliphatic rings. The molecule has 3 rings (SSSR count). The minimum absolute atomic E-state index is 0.0524. The van der Waals surface area contributed by atoms with Crippen molar-refractivity contribution in [2.24, 2.45) is 5.92 Å². The van der Waals surface area contributed by atoms with Crippen LogP contribution in [-0.2, 0) is 6.42 Å². The molecule has 5 heteroatoms. The van der Waals surface area contributed by atoms with E-state index in [9.17, 15) is 4.79 Å². The summed E-state index contributed by atoms with van der Waals surface area (Å²) in [5, 5.41) is 0.864. The summed E-state index contributed by atoms with van der Waals surface area (Å²) in [6.45, 7) is 4.33. The van der Waals surface area contributed by atoms with Crippen molar-refractivity contribution in [3.8, 4) is 0 Å². The van der Waals surface area contributed by atoms with E-state index >= 15 is 0 Å². The molecule has 0 amide bonds. The fraction of sp³-hybridized carbons (Fsp3) is 0.222. The number of pyridine rings is 1. The maximum Gasteiger partial charge on any atom is 0.205 e. The van der Waals surface area contributed by atoms with Crippen molar-refractivity contribution in [1.82, 2.24) is 4.98 Å². The van der Waals surface area contributed by atoms with E-state index in [-0.39, 0.29) is 5.78 Å². The van der Waals surface area contributed by atoms with Crippen LogP contribution in [0.5, 0.6) is 0 Å². The number of nitrogens with two attached hydrogens (primary N) is 1. The van der Waals surface area contributed by atoms with Gasteiger partial charge in [0.05, 0.1) is 5.69 Å². The van der Waals surface area contributed by atoms with Crippen LogP contribution in [0.15, 0.2) is 40.9 Å². The summed E-state index contributed by atoms with van der Waals surface area (Å²) in [5.74, 6) is 0.490. The molecule has 1 aromatic carbocycles. The number of nitrogen functional groups attached to an aromatic ring is 1. The second kappa shape index (κ2) is 6.42. The molecule has 118 valence electrons. The van der Waals surface area contributed by atoms with Gasteiger partial charge in [0, 0.05) is 21.1 Å². The molecule has 0 radical (unpaired) electrons. The Kier molecular flexibility index (Phi) is 4.50. The third-order valence-electron chi connectivity index (χ3n) is 3.58.